The molecule has 66 valence electrons. The first-order valence-corrected chi connectivity index (χ1v) is 4.11. The van der Waals surface area contributed by atoms with Crippen LogP contribution in [0.2, 0.25) is 0 Å². The van der Waals surface area contributed by atoms with Gasteiger partial charge in [-0.3, -0.25) is 0 Å². The molecule has 0 heterocycles. The first-order valence-electron chi connectivity index (χ1n) is 4.11. The van der Waals surface area contributed by atoms with Crippen molar-refractivity contribution in [1.82, 2.24) is 0 Å². The minimum Gasteiger partial charge on any atom is -0.325 e. The van der Waals surface area contributed by atoms with E-state index in [4.69, 9.17) is 5.73 Å². The summed E-state index contributed by atoms with van der Waals surface area (Å²) in [6.07, 6.45) is 0.390. The molecule has 2 atom stereocenters. The van der Waals surface area contributed by atoms with Crippen molar-refractivity contribution in [2.75, 3.05) is 0 Å². The Kier molecular flexibility index (Phi) is 2.47. The van der Waals surface area contributed by atoms with Gasteiger partial charge in [-0.15, -0.1) is 0 Å². The van der Waals surface area contributed by atoms with Gasteiger partial charge in [-0.05, 0) is 18.8 Å². The van der Waals surface area contributed by atoms with E-state index in [9.17, 15) is 8.78 Å². The highest BCUT2D eigenvalue weighted by atomic mass is 19.3. The molecular formula is C8H15F2N. The lowest BCUT2D eigenvalue weighted by Crippen LogP contribution is -2.43. The van der Waals surface area contributed by atoms with E-state index in [2.05, 4.69) is 0 Å². The maximum atomic E-state index is 12.0. The largest absolute Gasteiger partial charge is 0.325 e. The van der Waals surface area contributed by atoms with E-state index in [1.54, 1.807) is 0 Å². The van der Waals surface area contributed by atoms with Crippen LogP contribution in [0.15, 0.2) is 0 Å². The van der Waals surface area contributed by atoms with Gasteiger partial charge >= 0.3 is 0 Å². The molecule has 1 aliphatic rings. The van der Waals surface area contributed by atoms with Crippen LogP contribution in [0.5, 0.6) is 0 Å². The average molecular weight is 163 g/mol. The van der Waals surface area contributed by atoms with Gasteiger partial charge in [0.25, 0.3) is 0 Å². The van der Waals surface area contributed by atoms with Gasteiger partial charge in [0.2, 0.25) is 6.43 Å². The van der Waals surface area contributed by atoms with Gasteiger partial charge in [0.1, 0.15) is 0 Å². The van der Waals surface area contributed by atoms with Gasteiger partial charge in [-0.2, -0.15) is 0 Å². The molecule has 1 aliphatic carbocycles. The Morgan fingerprint density at radius 3 is 2.64 bits per heavy atom. The van der Waals surface area contributed by atoms with Gasteiger partial charge in [0.15, 0.2) is 0 Å². The second kappa shape index (κ2) is 3.05. The van der Waals surface area contributed by atoms with Crippen LogP contribution in [-0.2, 0) is 0 Å². The van der Waals surface area contributed by atoms with Crippen molar-refractivity contribution in [2.24, 2.45) is 11.7 Å². The Morgan fingerprint density at radius 1 is 1.64 bits per heavy atom. The molecule has 1 saturated carbocycles. The fourth-order valence-corrected chi connectivity index (χ4v) is 1.86. The van der Waals surface area contributed by atoms with E-state index in [-0.39, 0.29) is 12.3 Å². The molecule has 1 fully saturated rings. The highest BCUT2D eigenvalue weighted by molar-refractivity contribution is 4.94. The smallest absolute Gasteiger partial charge is 0.240 e. The normalized spacial score (nSPS) is 38.5. The standard InChI is InChI=1S/C8H15F2N/c1-6-3-2-4-8(6,11)5-7(9)10/h6-7H,2-5,11H2,1H3. The Labute approximate surface area is 66.0 Å². The number of halogens is 2. The summed E-state index contributed by atoms with van der Waals surface area (Å²) in [5.74, 6) is 0.261. The molecule has 0 radical (unpaired) electrons. The summed E-state index contributed by atoms with van der Waals surface area (Å²) in [7, 11) is 0. The van der Waals surface area contributed by atoms with Crippen LogP contribution >= 0.6 is 0 Å². The third-order valence-corrected chi connectivity index (χ3v) is 2.80. The van der Waals surface area contributed by atoms with Crippen LogP contribution in [-0.4, -0.2) is 12.0 Å². The summed E-state index contributed by atoms with van der Waals surface area (Å²) < 4.78 is 24.1. The van der Waals surface area contributed by atoms with Crippen molar-refractivity contribution in [3.63, 3.8) is 0 Å². The van der Waals surface area contributed by atoms with Crippen molar-refractivity contribution in [2.45, 2.75) is 44.6 Å². The molecule has 11 heavy (non-hydrogen) atoms. The minimum atomic E-state index is -2.25. The number of hydrogen-bond donors (Lipinski definition) is 1. The molecule has 0 aromatic rings. The summed E-state index contributed by atoms with van der Waals surface area (Å²) >= 11 is 0. The second-order valence-electron chi connectivity index (χ2n) is 3.62. The van der Waals surface area contributed by atoms with E-state index >= 15 is 0 Å². The van der Waals surface area contributed by atoms with E-state index < -0.39 is 12.0 Å². The van der Waals surface area contributed by atoms with Crippen LogP contribution in [0.25, 0.3) is 0 Å². The second-order valence-corrected chi connectivity index (χ2v) is 3.62. The summed E-state index contributed by atoms with van der Waals surface area (Å²) in [6, 6.07) is 0. The van der Waals surface area contributed by atoms with Gasteiger partial charge in [-0.1, -0.05) is 13.3 Å². The molecule has 3 heteroatoms. The fraction of sp³-hybridized carbons (Fsp3) is 1.00. The Balaban J connectivity index is 2.51. The molecule has 0 aliphatic heterocycles. The summed E-state index contributed by atoms with van der Waals surface area (Å²) in [6.45, 7) is 1.97. The van der Waals surface area contributed by atoms with Crippen molar-refractivity contribution >= 4 is 0 Å². The highest BCUT2D eigenvalue weighted by Gasteiger charge is 2.38. The number of nitrogens with two attached hydrogens (primary N) is 1. The topological polar surface area (TPSA) is 26.0 Å². The first kappa shape index (κ1) is 8.91. The zero-order valence-corrected chi connectivity index (χ0v) is 6.82. The van der Waals surface area contributed by atoms with Crippen molar-refractivity contribution in [1.29, 1.82) is 0 Å². The lowest BCUT2D eigenvalue weighted by atomic mass is 9.86. The molecule has 2 N–H and O–H groups in total. The molecule has 0 spiro atoms. The average Bonchev–Trinajstić information content (AvgIpc) is 2.11. The lowest BCUT2D eigenvalue weighted by Gasteiger charge is -2.28. The summed E-state index contributed by atoms with van der Waals surface area (Å²) in [4.78, 5) is 0. The quantitative estimate of drug-likeness (QED) is 0.663. The zero-order valence-electron chi connectivity index (χ0n) is 6.82. The SMILES string of the molecule is CC1CCCC1(N)CC(F)F. The fourth-order valence-electron chi connectivity index (χ4n) is 1.86. The Morgan fingerprint density at radius 2 is 2.27 bits per heavy atom. The van der Waals surface area contributed by atoms with Crippen LogP contribution in [0.4, 0.5) is 8.78 Å². The molecule has 0 bridgehead atoms. The molecule has 0 saturated heterocycles. The summed E-state index contributed by atoms with van der Waals surface area (Å²) in [5.41, 5.74) is 5.25. The third kappa shape index (κ3) is 1.89. The van der Waals surface area contributed by atoms with Crippen molar-refractivity contribution < 1.29 is 8.78 Å². The van der Waals surface area contributed by atoms with E-state index in [1.807, 2.05) is 6.92 Å². The third-order valence-electron chi connectivity index (χ3n) is 2.80. The maximum absolute atomic E-state index is 12.0. The van der Waals surface area contributed by atoms with E-state index in [0.29, 0.717) is 0 Å². The van der Waals surface area contributed by atoms with Crippen LogP contribution < -0.4 is 5.73 Å². The maximum Gasteiger partial charge on any atom is 0.240 e. The van der Waals surface area contributed by atoms with Gasteiger partial charge in [0, 0.05) is 12.0 Å². The molecule has 1 rings (SSSR count). The predicted octanol–water partition coefficient (Wildman–Crippen LogP) is 2.16. The highest BCUT2D eigenvalue weighted by Crippen LogP contribution is 2.37. The van der Waals surface area contributed by atoms with E-state index in [0.717, 1.165) is 19.3 Å². The predicted molar refractivity (Wildman–Crippen MR) is 40.6 cm³/mol. The Bertz CT molecular complexity index is 138. The molecule has 0 amide bonds. The van der Waals surface area contributed by atoms with Crippen LogP contribution in [0, 0.1) is 5.92 Å². The van der Waals surface area contributed by atoms with Crippen LogP contribution in [0.1, 0.15) is 32.6 Å². The minimum absolute atomic E-state index is 0.131. The van der Waals surface area contributed by atoms with Crippen LogP contribution in [0.3, 0.4) is 0 Å². The molecule has 1 nitrogen and oxygen atoms in total. The molecule has 0 aromatic heterocycles. The number of hydrogen-bond acceptors (Lipinski definition) is 1. The zero-order chi connectivity index (χ0) is 8.48. The van der Waals surface area contributed by atoms with Crippen molar-refractivity contribution in [3.05, 3.63) is 0 Å². The lowest BCUT2D eigenvalue weighted by molar-refractivity contribution is 0.0935. The number of rotatable bonds is 2. The molecule has 0 aromatic carbocycles. The number of alkyl halides is 2. The monoisotopic (exact) mass is 163 g/mol. The molecule has 2 unspecified atom stereocenters. The van der Waals surface area contributed by atoms with Gasteiger partial charge in [-0.25, -0.2) is 8.78 Å². The van der Waals surface area contributed by atoms with Gasteiger partial charge < -0.3 is 5.73 Å². The first-order chi connectivity index (χ1) is 5.04. The summed E-state index contributed by atoms with van der Waals surface area (Å²) in [5, 5.41) is 0. The van der Waals surface area contributed by atoms with E-state index in [1.165, 1.54) is 0 Å². The Hall–Kier alpha value is -0.180. The molecular weight excluding hydrogens is 148 g/mol. The van der Waals surface area contributed by atoms with Gasteiger partial charge in [0.05, 0.1) is 0 Å². The van der Waals surface area contributed by atoms with Crippen molar-refractivity contribution in [3.8, 4) is 0 Å².